The Kier molecular flexibility index (Phi) is 2.81. The van der Waals surface area contributed by atoms with Crippen LogP contribution in [0.3, 0.4) is 0 Å². The molecule has 4 nitrogen and oxygen atoms in total. The highest BCUT2D eigenvalue weighted by Crippen LogP contribution is 2.32. The Labute approximate surface area is 79.4 Å². The largest absolute Gasteiger partial charge is 0.502 e. The van der Waals surface area contributed by atoms with E-state index in [-0.39, 0.29) is 12.0 Å². The molecule has 1 rings (SSSR count). The van der Waals surface area contributed by atoms with E-state index in [2.05, 4.69) is 6.58 Å². The molecular formula is C9H8FNO3. The smallest absolute Gasteiger partial charge is 0.346 e. The van der Waals surface area contributed by atoms with Crippen molar-refractivity contribution in [3.63, 3.8) is 0 Å². The topological polar surface area (TPSA) is 63.4 Å². The Morgan fingerprint density at radius 3 is 2.79 bits per heavy atom. The minimum Gasteiger partial charge on any atom is -0.502 e. The number of halogens is 1. The van der Waals surface area contributed by atoms with Gasteiger partial charge in [-0.3, -0.25) is 10.1 Å². The highest BCUT2D eigenvalue weighted by molar-refractivity contribution is 5.52. The second-order valence-electron chi connectivity index (χ2n) is 2.65. The van der Waals surface area contributed by atoms with Crippen LogP contribution in [0, 0.1) is 15.9 Å². The molecule has 0 fully saturated rings. The Bertz CT molecular complexity index is 390. The predicted octanol–water partition coefficient (Wildman–Crippen LogP) is 2.17. The molecule has 1 aromatic carbocycles. The third-order valence-corrected chi connectivity index (χ3v) is 1.73. The third kappa shape index (κ3) is 1.71. The molecule has 0 aliphatic carbocycles. The number of aromatic hydroxyl groups is 1. The minimum atomic E-state index is -1.04. The quantitative estimate of drug-likeness (QED) is 0.458. The van der Waals surface area contributed by atoms with Gasteiger partial charge in [-0.15, -0.1) is 6.58 Å². The standard InChI is InChI=1S/C9H8FNO3/c1-2-3-6-4-5-7(10)8(9(6)12)11(13)14/h2,4-5,12H,1,3H2. The molecule has 74 valence electrons. The summed E-state index contributed by atoms with van der Waals surface area (Å²) in [7, 11) is 0. The predicted molar refractivity (Wildman–Crippen MR) is 48.6 cm³/mol. The van der Waals surface area contributed by atoms with E-state index < -0.39 is 22.2 Å². The maximum Gasteiger partial charge on any atom is 0.346 e. The summed E-state index contributed by atoms with van der Waals surface area (Å²) in [6.07, 6.45) is 1.73. The second-order valence-corrected chi connectivity index (χ2v) is 2.65. The minimum absolute atomic E-state index is 0.257. The lowest BCUT2D eigenvalue weighted by Crippen LogP contribution is -1.95. The molecule has 0 atom stereocenters. The summed E-state index contributed by atoms with van der Waals surface area (Å²) >= 11 is 0. The van der Waals surface area contributed by atoms with Gasteiger partial charge in [-0.25, -0.2) is 0 Å². The summed E-state index contributed by atoms with van der Waals surface area (Å²) < 4.78 is 12.9. The van der Waals surface area contributed by atoms with Crippen molar-refractivity contribution in [1.29, 1.82) is 0 Å². The summed E-state index contributed by atoms with van der Waals surface area (Å²) in [5, 5.41) is 19.7. The SMILES string of the molecule is C=CCc1ccc(F)c([N+](=O)[O-])c1O. The fraction of sp³-hybridized carbons (Fsp3) is 0.111. The number of hydrogen-bond donors (Lipinski definition) is 1. The number of rotatable bonds is 3. The van der Waals surface area contributed by atoms with Crippen molar-refractivity contribution in [3.05, 3.63) is 46.3 Å². The molecule has 0 radical (unpaired) electrons. The van der Waals surface area contributed by atoms with Gasteiger partial charge >= 0.3 is 5.69 Å². The highest BCUT2D eigenvalue weighted by atomic mass is 19.1. The van der Waals surface area contributed by atoms with Crippen LogP contribution < -0.4 is 0 Å². The average molecular weight is 197 g/mol. The van der Waals surface area contributed by atoms with E-state index >= 15 is 0 Å². The van der Waals surface area contributed by atoms with Crippen LogP contribution >= 0.6 is 0 Å². The number of nitro benzene ring substituents is 1. The number of phenolic OH excluding ortho intramolecular Hbond substituents is 1. The van der Waals surface area contributed by atoms with Gasteiger partial charge in [0.05, 0.1) is 4.92 Å². The van der Waals surface area contributed by atoms with E-state index in [1.54, 1.807) is 0 Å². The van der Waals surface area contributed by atoms with Crippen LogP contribution in [0.4, 0.5) is 10.1 Å². The molecule has 14 heavy (non-hydrogen) atoms. The second kappa shape index (κ2) is 3.87. The van der Waals surface area contributed by atoms with E-state index in [9.17, 15) is 19.6 Å². The fourth-order valence-electron chi connectivity index (χ4n) is 1.09. The van der Waals surface area contributed by atoms with Crippen molar-refractivity contribution in [1.82, 2.24) is 0 Å². The lowest BCUT2D eigenvalue weighted by molar-refractivity contribution is -0.388. The first kappa shape index (κ1) is 10.2. The molecule has 0 aromatic heterocycles. The van der Waals surface area contributed by atoms with E-state index in [0.29, 0.717) is 0 Å². The zero-order valence-corrected chi connectivity index (χ0v) is 7.24. The maximum absolute atomic E-state index is 12.9. The van der Waals surface area contributed by atoms with Crippen molar-refractivity contribution in [3.8, 4) is 5.75 Å². The number of allylic oxidation sites excluding steroid dienone is 1. The highest BCUT2D eigenvalue weighted by Gasteiger charge is 2.22. The molecule has 0 heterocycles. The number of nitrogens with zero attached hydrogens (tertiary/aromatic N) is 1. The van der Waals surface area contributed by atoms with Crippen molar-refractivity contribution in [2.24, 2.45) is 0 Å². The van der Waals surface area contributed by atoms with Gasteiger partial charge in [0.15, 0.2) is 0 Å². The van der Waals surface area contributed by atoms with E-state index in [0.717, 1.165) is 6.07 Å². The summed E-state index contributed by atoms with van der Waals surface area (Å²) in [4.78, 5) is 9.43. The molecule has 1 N–H and O–H groups in total. The summed E-state index contributed by atoms with van der Waals surface area (Å²) in [5.41, 5.74) is -0.600. The molecule has 0 aliphatic heterocycles. The number of nitro groups is 1. The van der Waals surface area contributed by atoms with Gasteiger partial charge in [-0.05, 0) is 12.5 Å². The number of phenols is 1. The van der Waals surface area contributed by atoms with Crippen LogP contribution in [0.2, 0.25) is 0 Å². The van der Waals surface area contributed by atoms with Gasteiger partial charge < -0.3 is 5.11 Å². The molecule has 0 amide bonds. The average Bonchev–Trinajstić information content (AvgIpc) is 2.10. The first-order chi connectivity index (χ1) is 6.57. The number of benzene rings is 1. The Morgan fingerprint density at radius 1 is 1.64 bits per heavy atom. The first-order valence-corrected chi connectivity index (χ1v) is 3.83. The summed E-state index contributed by atoms with van der Waals surface area (Å²) in [6.45, 7) is 3.42. The molecule has 0 spiro atoms. The van der Waals surface area contributed by atoms with E-state index in [1.807, 2.05) is 0 Å². The van der Waals surface area contributed by atoms with Gasteiger partial charge in [0.25, 0.3) is 0 Å². The molecule has 0 bridgehead atoms. The molecular weight excluding hydrogens is 189 g/mol. The molecule has 0 saturated carbocycles. The molecule has 0 saturated heterocycles. The Morgan fingerprint density at radius 2 is 2.29 bits per heavy atom. The molecule has 1 aromatic rings. The maximum atomic E-state index is 12.9. The van der Waals surface area contributed by atoms with Crippen LogP contribution in [-0.2, 0) is 6.42 Å². The van der Waals surface area contributed by atoms with Crippen LogP contribution in [0.5, 0.6) is 5.75 Å². The van der Waals surface area contributed by atoms with Gasteiger partial charge in [0.1, 0.15) is 0 Å². The Hall–Kier alpha value is -1.91. The zero-order valence-electron chi connectivity index (χ0n) is 7.24. The van der Waals surface area contributed by atoms with Crippen LogP contribution in [-0.4, -0.2) is 10.0 Å². The number of hydrogen-bond acceptors (Lipinski definition) is 3. The van der Waals surface area contributed by atoms with E-state index in [1.165, 1.54) is 12.1 Å². The van der Waals surface area contributed by atoms with Crippen molar-refractivity contribution < 1.29 is 14.4 Å². The normalized spacial score (nSPS) is 9.79. The van der Waals surface area contributed by atoms with Gasteiger partial charge in [-0.1, -0.05) is 12.1 Å². The zero-order chi connectivity index (χ0) is 10.7. The first-order valence-electron chi connectivity index (χ1n) is 3.83. The van der Waals surface area contributed by atoms with Crippen molar-refractivity contribution in [2.45, 2.75) is 6.42 Å². The summed E-state index contributed by atoms with van der Waals surface area (Å²) in [5.74, 6) is -1.67. The van der Waals surface area contributed by atoms with Crippen LogP contribution in [0.25, 0.3) is 0 Å². The van der Waals surface area contributed by atoms with Gasteiger partial charge in [0.2, 0.25) is 11.6 Å². The van der Waals surface area contributed by atoms with Crippen molar-refractivity contribution in [2.75, 3.05) is 0 Å². The summed E-state index contributed by atoms with van der Waals surface area (Å²) in [6, 6.07) is 2.25. The van der Waals surface area contributed by atoms with Crippen molar-refractivity contribution >= 4 is 5.69 Å². The van der Waals surface area contributed by atoms with Gasteiger partial charge in [0, 0.05) is 5.56 Å². The van der Waals surface area contributed by atoms with E-state index in [4.69, 9.17) is 0 Å². The van der Waals surface area contributed by atoms with Gasteiger partial charge in [-0.2, -0.15) is 4.39 Å². The lowest BCUT2D eigenvalue weighted by atomic mass is 10.1. The van der Waals surface area contributed by atoms with Crippen LogP contribution in [0.15, 0.2) is 24.8 Å². The fourth-order valence-corrected chi connectivity index (χ4v) is 1.09. The Balaban J connectivity index is 3.32. The van der Waals surface area contributed by atoms with Crippen LogP contribution in [0.1, 0.15) is 5.56 Å². The molecule has 5 heteroatoms. The third-order valence-electron chi connectivity index (χ3n) is 1.73. The molecule has 0 unspecified atom stereocenters. The monoisotopic (exact) mass is 197 g/mol. The lowest BCUT2D eigenvalue weighted by Gasteiger charge is -2.02. The molecule has 0 aliphatic rings.